The van der Waals surface area contributed by atoms with E-state index in [1.807, 2.05) is 61.5 Å². The molecular formula is C34H41N3O6S. The summed E-state index contributed by atoms with van der Waals surface area (Å²) in [6.07, 6.45) is 4.21. The molecule has 1 N–H and O–H groups in total. The van der Waals surface area contributed by atoms with Crippen molar-refractivity contribution in [3.05, 3.63) is 89.5 Å². The molecule has 0 aromatic heterocycles. The molecule has 9 nitrogen and oxygen atoms in total. The fraction of sp³-hybridized carbons (Fsp3) is 0.412. The van der Waals surface area contributed by atoms with Gasteiger partial charge in [-0.3, -0.25) is 13.9 Å². The van der Waals surface area contributed by atoms with Crippen LogP contribution in [-0.4, -0.2) is 62.7 Å². The Balaban J connectivity index is 1.53. The van der Waals surface area contributed by atoms with Crippen molar-refractivity contribution in [2.45, 2.75) is 64.6 Å². The molecular weight excluding hydrogens is 578 g/mol. The van der Waals surface area contributed by atoms with Crippen LogP contribution in [0.25, 0.3) is 0 Å². The third-order valence-electron chi connectivity index (χ3n) is 8.37. The second-order valence-corrected chi connectivity index (χ2v) is 13.6. The second-order valence-electron chi connectivity index (χ2n) is 11.4. The van der Waals surface area contributed by atoms with Gasteiger partial charge >= 0.3 is 0 Å². The molecule has 1 atom stereocenters. The zero-order chi connectivity index (χ0) is 31.1. The molecule has 0 spiro atoms. The predicted molar refractivity (Wildman–Crippen MR) is 170 cm³/mol. The summed E-state index contributed by atoms with van der Waals surface area (Å²) in [4.78, 5) is 30.0. The first-order valence-corrected chi connectivity index (χ1v) is 16.9. The van der Waals surface area contributed by atoms with Crippen LogP contribution in [0.1, 0.15) is 49.3 Å². The van der Waals surface area contributed by atoms with Crippen molar-refractivity contribution in [2.24, 2.45) is 0 Å². The molecule has 0 bridgehead atoms. The minimum Gasteiger partial charge on any atom is -0.486 e. The number of rotatable bonds is 12. The lowest BCUT2D eigenvalue weighted by Gasteiger charge is -2.34. The summed E-state index contributed by atoms with van der Waals surface area (Å²) in [5.41, 5.74) is 3.07. The standard InChI is InChI=1S/C34H41N3O6S/c1-3-44(40,41)37(29-17-18-31-32(22-29)43-20-19-42-31)24-33(38)36(23-27-14-8-7-11-25(27)2)30(21-26-12-5-4-6-13-26)34(39)35-28-15-9-10-16-28/h4-8,11-14,17-18,22,28,30H,3,9-10,15-16,19-21,23-24H2,1-2H3,(H,35,39)/t30-/m0/s1. The van der Waals surface area contributed by atoms with E-state index in [9.17, 15) is 18.0 Å². The maximum atomic E-state index is 14.5. The Bertz CT molecular complexity index is 1560. The van der Waals surface area contributed by atoms with E-state index < -0.39 is 28.5 Å². The Hall–Kier alpha value is -4.05. The minimum atomic E-state index is -3.88. The number of sulfonamides is 1. The molecule has 1 fully saturated rings. The number of carbonyl (C=O) groups excluding carboxylic acids is 2. The van der Waals surface area contributed by atoms with Crippen molar-refractivity contribution in [1.29, 1.82) is 0 Å². The number of fused-ring (bicyclic) bond motifs is 1. The number of hydrogen-bond donors (Lipinski definition) is 1. The number of carbonyl (C=O) groups is 2. The van der Waals surface area contributed by atoms with Crippen LogP contribution in [0.2, 0.25) is 0 Å². The van der Waals surface area contributed by atoms with Crippen LogP contribution < -0.4 is 19.1 Å². The van der Waals surface area contributed by atoms with E-state index in [1.54, 1.807) is 30.0 Å². The third kappa shape index (κ3) is 7.53. The molecule has 5 rings (SSSR count). The first-order chi connectivity index (χ1) is 21.2. The summed E-state index contributed by atoms with van der Waals surface area (Å²) in [7, 11) is -3.88. The minimum absolute atomic E-state index is 0.0610. The Labute approximate surface area is 260 Å². The first-order valence-electron chi connectivity index (χ1n) is 15.3. The van der Waals surface area contributed by atoms with Gasteiger partial charge in [0.25, 0.3) is 0 Å². The van der Waals surface area contributed by atoms with E-state index >= 15 is 0 Å². The van der Waals surface area contributed by atoms with Gasteiger partial charge in [0.15, 0.2) is 11.5 Å². The molecule has 1 saturated carbocycles. The molecule has 0 saturated heterocycles. The molecule has 234 valence electrons. The van der Waals surface area contributed by atoms with Crippen LogP contribution in [0.15, 0.2) is 72.8 Å². The SMILES string of the molecule is CCS(=O)(=O)N(CC(=O)N(Cc1ccccc1C)[C@@H](Cc1ccccc1)C(=O)NC1CCCC1)c1ccc2c(c1)OCCO2. The Kier molecular flexibility index (Phi) is 10.1. The fourth-order valence-corrected chi connectivity index (χ4v) is 6.85. The maximum absolute atomic E-state index is 14.5. The monoisotopic (exact) mass is 619 g/mol. The quantitative estimate of drug-likeness (QED) is 0.317. The summed E-state index contributed by atoms with van der Waals surface area (Å²) in [5, 5.41) is 3.20. The highest BCUT2D eigenvalue weighted by atomic mass is 32.2. The highest BCUT2D eigenvalue weighted by Crippen LogP contribution is 2.35. The summed E-state index contributed by atoms with van der Waals surface area (Å²) >= 11 is 0. The van der Waals surface area contributed by atoms with Crippen molar-refractivity contribution >= 4 is 27.5 Å². The van der Waals surface area contributed by atoms with Gasteiger partial charge in [-0.05, 0) is 55.5 Å². The van der Waals surface area contributed by atoms with Gasteiger partial charge in [0, 0.05) is 25.1 Å². The maximum Gasteiger partial charge on any atom is 0.244 e. The van der Waals surface area contributed by atoms with Crippen molar-refractivity contribution in [3.8, 4) is 11.5 Å². The average molecular weight is 620 g/mol. The number of ether oxygens (including phenoxy) is 2. The van der Waals surface area contributed by atoms with Gasteiger partial charge in [-0.25, -0.2) is 8.42 Å². The summed E-state index contributed by atoms with van der Waals surface area (Å²) in [5.74, 6) is 0.0388. The normalized spacial score (nSPS) is 15.4. The van der Waals surface area contributed by atoms with Crippen LogP contribution >= 0.6 is 0 Å². The Morgan fingerprint density at radius 3 is 2.32 bits per heavy atom. The van der Waals surface area contributed by atoms with E-state index in [-0.39, 0.29) is 24.2 Å². The van der Waals surface area contributed by atoms with E-state index in [0.29, 0.717) is 36.8 Å². The zero-order valence-electron chi connectivity index (χ0n) is 25.4. The molecule has 10 heteroatoms. The number of amides is 2. The fourth-order valence-electron chi connectivity index (χ4n) is 5.80. The summed E-state index contributed by atoms with van der Waals surface area (Å²) < 4.78 is 39.4. The molecule has 2 amide bonds. The number of aryl methyl sites for hydroxylation is 1. The highest BCUT2D eigenvalue weighted by Gasteiger charge is 2.35. The second kappa shape index (κ2) is 14.2. The molecule has 1 heterocycles. The molecule has 3 aromatic carbocycles. The number of nitrogens with zero attached hydrogens (tertiary/aromatic N) is 2. The van der Waals surface area contributed by atoms with Gasteiger partial charge in [0.05, 0.1) is 11.4 Å². The predicted octanol–water partition coefficient (Wildman–Crippen LogP) is 4.62. The van der Waals surface area contributed by atoms with E-state index in [0.717, 1.165) is 46.7 Å². The third-order valence-corrected chi connectivity index (χ3v) is 10.1. The van der Waals surface area contributed by atoms with Crippen molar-refractivity contribution in [1.82, 2.24) is 10.2 Å². The van der Waals surface area contributed by atoms with Gasteiger partial charge in [-0.1, -0.05) is 67.4 Å². The van der Waals surface area contributed by atoms with Crippen molar-refractivity contribution < 1.29 is 27.5 Å². The zero-order valence-corrected chi connectivity index (χ0v) is 26.2. The van der Waals surface area contributed by atoms with Gasteiger partial charge in [-0.2, -0.15) is 0 Å². The van der Waals surface area contributed by atoms with E-state index in [2.05, 4.69) is 5.32 Å². The lowest BCUT2D eigenvalue weighted by atomic mass is 10.0. The summed E-state index contributed by atoms with van der Waals surface area (Å²) in [6.45, 7) is 3.94. The molecule has 44 heavy (non-hydrogen) atoms. The number of nitrogens with one attached hydrogen (secondary N) is 1. The molecule has 0 radical (unpaired) electrons. The molecule has 0 unspecified atom stereocenters. The van der Waals surface area contributed by atoms with Crippen molar-refractivity contribution in [3.63, 3.8) is 0 Å². The van der Waals surface area contributed by atoms with Crippen LogP contribution in [-0.2, 0) is 32.6 Å². The van der Waals surface area contributed by atoms with Crippen LogP contribution in [0.5, 0.6) is 11.5 Å². The largest absolute Gasteiger partial charge is 0.486 e. The number of benzene rings is 3. The van der Waals surface area contributed by atoms with Crippen LogP contribution in [0.4, 0.5) is 5.69 Å². The number of anilines is 1. The van der Waals surface area contributed by atoms with Crippen molar-refractivity contribution in [2.75, 3.05) is 29.8 Å². The lowest BCUT2D eigenvalue weighted by molar-refractivity contribution is -0.140. The first kappa shape index (κ1) is 31.4. The summed E-state index contributed by atoms with van der Waals surface area (Å²) in [6, 6.07) is 21.4. The van der Waals surface area contributed by atoms with Gasteiger partial charge in [0.1, 0.15) is 25.8 Å². The lowest BCUT2D eigenvalue weighted by Crippen LogP contribution is -2.54. The Morgan fingerprint density at radius 1 is 0.932 bits per heavy atom. The molecule has 1 aliphatic carbocycles. The van der Waals surface area contributed by atoms with Crippen LogP contribution in [0, 0.1) is 6.92 Å². The van der Waals surface area contributed by atoms with Gasteiger partial charge in [0.2, 0.25) is 21.8 Å². The van der Waals surface area contributed by atoms with E-state index in [4.69, 9.17) is 9.47 Å². The van der Waals surface area contributed by atoms with Gasteiger partial charge in [-0.15, -0.1) is 0 Å². The van der Waals surface area contributed by atoms with Gasteiger partial charge < -0.3 is 19.7 Å². The highest BCUT2D eigenvalue weighted by molar-refractivity contribution is 7.92. The topological polar surface area (TPSA) is 105 Å². The number of hydrogen-bond acceptors (Lipinski definition) is 6. The van der Waals surface area contributed by atoms with Crippen LogP contribution in [0.3, 0.4) is 0 Å². The Morgan fingerprint density at radius 2 is 1.61 bits per heavy atom. The molecule has 3 aromatic rings. The smallest absolute Gasteiger partial charge is 0.244 e. The average Bonchev–Trinajstić information content (AvgIpc) is 3.55. The van der Waals surface area contributed by atoms with E-state index in [1.165, 1.54) is 0 Å². The molecule has 1 aliphatic heterocycles. The molecule has 2 aliphatic rings.